The van der Waals surface area contributed by atoms with Crippen LogP contribution in [-0.2, 0) is 28.6 Å². The molecule has 0 unspecified atom stereocenters. The van der Waals surface area contributed by atoms with E-state index in [1.165, 1.54) is 247 Å². The minimum atomic E-state index is -1.46. The van der Waals surface area contributed by atoms with Crippen LogP contribution in [0.3, 0.4) is 0 Å². The average molecular weight is 1280 g/mol. The lowest BCUT2D eigenvalue weighted by molar-refractivity contribution is -0.144. The molecule has 1 aromatic rings. The molecule has 1 aromatic heterocycles. The Balaban J connectivity index is 2.65. The normalized spacial score (nSPS) is 11.3. The van der Waals surface area contributed by atoms with E-state index in [2.05, 4.69) is 20.8 Å². The molecule has 1 heterocycles. The molecule has 1 rings (SSSR count). The van der Waals surface area contributed by atoms with Crippen molar-refractivity contribution in [1.82, 2.24) is 13.7 Å². The maximum atomic E-state index is 13.7. The van der Waals surface area contributed by atoms with Crippen molar-refractivity contribution in [3.8, 4) is 0 Å². The summed E-state index contributed by atoms with van der Waals surface area (Å²) in [6.45, 7) is 7.78. The first kappa shape index (κ1) is 81.9. The van der Waals surface area contributed by atoms with E-state index in [1.54, 1.807) is 0 Å². The molecule has 0 aliphatic rings. The van der Waals surface area contributed by atoms with Crippen LogP contribution in [0, 0.1) is 0 Å². The van der Waals surface area contributed by atoms with E-state index in [-0.39, 0.29) is 87.4 Å². The molecule has 504 valence electrons. The highest BCUT2D eigenvalue weighted by molar-refractivity contribution is 7.99. The molecule has 18 heteroatoms. The molecule has 0 aliphatic heterocycles. The van der Waals surface area contributed by atoms with Crippen molar-refractivity contribution >= 4 is 70.9 Å². The van der Waals surface area contributed by atoms with Gasteiger partial charge in [-0.25, -0.2) is 14.4 Å². The minimum Gasteiger partial charge on any atom is -0.466 e. The number of esters is 3. The number of unbranched alkanes of at least 4 members (excludes halogenated alkanes) is 39. The molecular formula is C69H123N3O12S3. The third-order valence-corrected chi connectivity index (χ3v) is 18.9. The number of carbonyl (C=O) groups is 6. The Morgan fingerprint density at radius 1 is 0.253 bits per heavy atom. The second-order valence-corrected chi connectivity index (χ2v) is 27.5. The summed E-state index contributed by atoms with van der Waals surface area (Å²) in [4.78, 5) is 119. The van der Waals surface area contributed by atoms with Gasteiger partial charge < -0.3 is 14.2 Å². The molecule has 0 N–H and O–H groups in total. The highest BCUT2D eigenvalue weighted by Crippen LogP contribution is 2.17. The summed E-state index contributed by atoms with van der Waals surface area (Å²) in [6.07, 6.45) is 51.1. The van der Waals surface area contributed by atoms with Crippen LogP contribution in [0.2, 0.25) is 0 Å². The number of hydrogen-bond donors (Lipinski definition) is 0. The quantitative estimate of drug-likeness (QED) is 0.0339. The Morgan fingerprint density at radius 3 is 0.598 bits per heavy atom. The highest BCUT2D eigenvalue weighted by atomic mass is 32.2. The standard InChI is InChI=1S/C69H123N3O12S3/c1-4-7-10-13-16-19-22-25-28-31-34-37-40-43-52-82-64(76)49-58-85-55-46-61(73)70-67(79)71(62(74)47-56-86-59-50-65(77)83-53-44-41-38-35-32-29-26-23-20-17-14-11-8-5-2)69(81)72(68(70)80)63(75)48-57-87-60-51-66(78)84-54-45-42-39-36-33-30-27-24-21-18-15-12-9-6-3/h4-60H2,1-3H3. The van der Waals surface area contributed by atoms with Crippen LogP contribution in [0.15, 0.2) is 14.4 Å². The van der Waals surface area contributed by atoms with Crippen LogP contribution in [0.5, 0.6) is 0 Å². The summed E-state index contributed by atoms with van der Waals surface area (Å²) in [5, 5.41) is 0. The summed E-state index contributed by atoms with van der Waals surface area (Å²) < 4.78 is 16.7. The number of rotatable bonds is 63. The fraction of sp³-hybridized carbons (Fsp3) is 0.870. The number of thioether (sulfide) groups is 3. The number of carbonyl (C=O) groups excluding carboxylic acids is 6. The van der Waals surface area contributed by atoms with Gasteiger partial charge in [0.25, 0.3) is 0 Å². The molecule has 0 radical (unpaired) electrons. The predicted octanol–water partition coefficient (Wildman–Crippen LogP) is 17.7. The minimum absolute atomic E-state index is 0.106. The van der Waals surface area contributed by atoms with Crippen LogP contribution in [0.25, 0.3) is 0 Å². The summed E-state index contributed by atoms with van der Waals surface area (Å²) in [7, 11) is 0. The van der Waals surface area contributed by atoms with Gasteiger partial charge in [0.05, 0.1) is 39.1 Å². The third kappa shape index (κ3) is 46.6. The van der Waals surface area contributed by atoms with Crippen molar-refractivity contribution in [3.63, 3.8) is 0 Å². The molecule has 0 aromatic carbocycles. The molecule has 0 saturated heterocycles. The molecule has 15 nitrogen and oxygen atoms in total. The summed E-state index contributed by atoms with van der Waals surface area (Å²) in [5.41, 5.74) is -4.37. The van der Waals surface area contributed by atoms with Gasteiger partial charge in [0, 0.05) is 53.8 Å². The third-order valence-electron chi connectivity index (χ3n) is 15.9. The number of nitrogens with zero attached hydrogens (tertiary/aromatic N) is 3. The van der Waals surface area contributed by atoms with Crippen molar-refractivity contribution in [2.24, 2.45) is 0 Å². The lowest BCUT2D eigenvalue weighted by atomic mass is 10.0. The number of hydrogen-bond acceptors (Lipinski definition) is 15. The van der Waals surface area contributed by atoms with E-state index in [0.717, 1.165) is 57.8 Å². The SMILES string of the molecule is CCCCCCCCCCCCCCCCOC(=O)CCSCCC(=O)n1c(=O)n(C(=O)CCSCCC(=O)OCCCCCCCCCCCCCCCC)c(=O)n(C(=O)CCSCCC(=O)OCCCCCCCCCCCCCCCC)c1=O. The molecule has 0 saturated carbocycles. The van der Waals surface area contributed by atoms with E-state index in [1.807, 2.05) is 0 Å². The van der Waals surface area contributed by atoms with Gasteiger partial charge in [-0.05, 0) is 19.3 Å². The largest absolute Gasteiger partial charge is 0.466 e. The molecule has 0 spiro atoms. The lowest BCUT2D eigenvalue weighted by Gasteiger charge is -2.12. The smallest absolute Gasteiger partial charge is 0.350 e. The second kappa shape index (κ2) is 60.4. The van der Waals surface area contributed by atoms with Gasteiger partial charge in [-0.15, -0.1) is 0 Å². The van der Waals surface area contributed by atoms with E-state index < -0.39 is 34.8 Å². The molecule has 87 heavy (non-hydrogen) atoms. The van der Waals surface area contributed by atoms with Gasteiger partial charge in [0.1, 0.15) is 0 Å². The second-order valence-electron chi connectivity index (χ2n) is 23.8. The topological polar surface area (TPSA) is 196 Å². The van der Waals surface area contributed by atoms with Crippen LogP contribution in [0.4, 0.5) is 0 Å². The average Bonchev–Trinajstić information content (AvgIpc) is 1.69. The van der Waals surface area contributed by atoms with Crippen molar-refractivity contribution < 1.29 is 43.0 Å². The van der Waals surface area contributed by atoms with Crippen LogP contribution >= 0.6 is 35.3 Å². The fourth-order valence-corrected chi connectivity index (χ4v) is 12.9. The Bertz CT molecular complexity index is 1840. The van der Waals surface area contributed by atoms with Crippen molar-refractivity contribution in [2.75, 3.05) is 54.3 Å². The summed E-state index contributed by atoms with van der Waals surface area (Å²) in [6, 6.07) is 0. The van der Waals surface area contributed by atoms with Gasteiger partial charge in [-0.3, -0.25) is 28.8 Å². The molecule has 0 aliphatic carbocycles. The van der Waals surface area contributed by atoms with Gasteiger partial charge in [-0.1, -0.05) is 271 Å². The van der Waals surface area contributed by atoms with Gasteiger partial charge >= 0.3 is 35.0 Å². The Hall–Kier alpha value is -3.12. The number of ether oxygens (including phenoxy) is 3. The Morgan fingerprint density at radius 2 is 0.414 bits per heavy atom. The molecule has 0 atom stereocenters. The van der Waals surface area contributed by atoms with Crippen molar-refractivity contribution in [1.29, 1.82) is 0 Å². The first-order valence-corrected chi connectivity index (χ1v) is 38.8. The predicted molar refractivity (Wildman–Crippen MR) is 365 cm³/mol. The summed E-state index contributed by atoms with van der Waals surface area (Å²) in [5.74, 6) is -2.80. The van der Waals surface area contributed by atoms with E-state index in [0.29, 0.717) is 37.1 Å². The summed E-state index contributed by atoms with van der Waals surface area (Å²) >= 11 is 3.74. The van der Waals surface area contributed by atoms with E-state index >= 15 is 0 Å². The monoisotopic (exact) mass is 1280 g/mol. The first-order chi connectivity index (χ1) is 42.5. The van der Waals surface area contributed by atoms with Crippen LogP contribution in [0.1, 0.15) is 343 Å². The van der Waals surface area contributed by atoms with Crippen molar-refractivity contribution in [2.45, 2.75) is 329 Å². The maximum absolute atomic E-state index is 13.7. The molecular weight excluding hydrogens is 1160 g/mol. The van der Waals surface area contributed by atoms with E-state index in [4.69, 9.17) is 14.2 Å². The first-order valence-electron chi connectivity index (χ1n) is 35.3. The fourth-order valence-electron chi connectivity index (χ4n) is 10.4. The highest BCUT2D eigenvalue weighted by Gasteiger charge is 2.27. The zero-order valence-electron chi connectivity index (χ0n) is 55.3. The molecule has 0 fully saturated rings. The van der Waals surface area contributed by atoms with Crippen LogP contribution in [-0.4, -0.2) is 104 Å². The lowest BCUT2D eigenvalue weighted by Crippen LogP contribution is -2.59. The van der Waals surface area contributed by atoms with Crippen LogP contribution < -0.4 is 17.1 Å². The van der Waals surface area contributed by atoms with Gasteiger partial charge in [-0.2, -0.15) is 49.0 Å². The van der Waals surface area contributed by atoms with E-state index in [9.17, 15) is 43.2 Å². The Kier molecular flexibility index (Phi) is 56.9. The molecule has 0 bridgehead atoms. The van der Waals surface area contributed by atoms with Crippen molar-refractivity contribution in [3.05, 3.63) is 31.5 Å². The zero-order valence-corrected chi connectivity index (χ0v) is 57.7. The maximum Gasteiger partial charge on any atom is 0.350 e. The zero-order chi connectivity index (χ0) is 63.5. The Labute approximate surface area is 539 Å². The molecule has 0 amide bonds. The van der Waals surface area contributed by atoms with Gasteiger partial charge in [0.15, 0.2) is 0 Å². The number of aromatic nitrogens is 3. The van der Waals surface area contributed by atoms with Gasteiger partial charge in [0.2, 0.25) is 17.7 Å².